The van der Waals surface area contributed by atoms with Crippen LogP contribution in [-0.2, 0) is 21.5 Å². The van der Waals surface area contributed by atoms with Crippen LogP contribution in [0.25, 0.3) is 11.3 Å². The SMILES string of the molecule is CCOC(=O)COc1ccc(SCc2noc(-c3ccc(C(F)(F)F)cc3)c2Br)cc1C. The number of rotatable bonds is 8. The van der Waals surface area contributed by atoms with Crippen LogP contribution in [0.5, 0.6) is 5.75 Å². The van der Waals surface area contributed by atoms with E-state index in [1.807, 2.05) is 19.1 Å². The summed E-state index contributed by atoms with van der Waals surface area (Å²) < 4.78 is 54.5. The molecule has 0 fully saturated rings. The van der Waals surface area contributed by atoms with E-state index in [0.29, 0.717) is 39.6 Å². The molecule has 1 heterocycles. The molecule has 1 aromatic heterocycles. The van der Waals surface area contributed by atoms with E-state index < -0.39 is 17.7 Å². The molecule has 0 aliphatic carbocycles. The summed E-state index contributed by atoms with van der Waals surface area (Å²) in [6, 6.07) is 10.3. The number of alkyl halides is 3. The van der Waals surface area contributed by atoms with Crippen molar-refractivity contribution in [2.75, 3.05) is 13.2 Å². The Labute approximate surface area is 195 Å². The molecule has 0 N–H and O–H groups in total. The van der Waals surface area contributed by atoms with Crippen LogP contribution in [0, 0.1) is 6.92 Å². The number of carbonyl (C=O) groups excluding carboxylic acids is 1. The predicted molar refractivity (Wildman–Crippen MR) is 118 cm³/mol. The van der Waals surface area contributed by atoms with Gasteiger partial charge in [0.15, 0.2) is 12.4 Å². The van der Waals surface area contributed by atoms with Gasteiger partial charge in [0.05, 0.1) is 16.6 Å². The first-order chi connectivity index (χ1) is 15.2. The van der Waals surface area contributed by atoms with E-state index in [-0.39, 0.29) is 6.61 Å². The maximum atomic E-state index is 12.8. The monoisotopic (exact) mass is 529 g/mol. The number of nitrogens with zero attached hydrogens (tertiary/aromatic N) is 1. The fourth-order valence-corrected chi connectivity index (χ4v) is 4.38. The molecule has 10 heteroatoms. The lowest BCUT2D eigenvalue weighted by molar-refractivity contribution is -0.145. The molecule has 2 aromatic carbocycles. The van der Waals surface area contributed by atoms with Crippen molar-refractivity contribution in [1.29, 1.82) is 0 Å². The Balaban J connectivity index is 1.64. The van der Waals surface area contributed by atoms with Crippen molar-refractivity contribution < 1.29 is 32.0 Å². The Hall–Kier alpha value is -2.46. The normalized spacial score (nSPS) is 11.4. The number of halogens is 4. The number of esters is 1. The van der Waals surface area contributed by atoms with Crippen molar-refractivity contribution in [2.45, 2.75) is 30.7 Å². The molecule has 32 heavy (non-hydrogen) atoms. The zero-order valence-corrected chi connectivity index (χ0v) is 19.6. The molecule has 0 aliphatic rings. The number of ether oxygens (including phenoxy) is 2. The molecule has 3 rings (SSSR count). The first-order valence-electron chi connectivity index (χ1n) is 9.52. The number of carbonyl (C=O) groups is 1. The lowest BCUT2D eigenvalue weighted by Gasteiger charge is -2.10. The lowest BCUT2D eigenvalue weighted by atomic mass is 10.1. The van der Waals surface area contributed by atoms with Crippen LogP contribution in [0.1, 0.15) is 23.7 Å². The molecular formula is C22H19BrF3NO4S. The van der Waals surface area contributed by atoms with Crippen molar-refractivity contribution in [3.8, 4) is 17.1 Å². The minimum atomic E-state index is -4.39. The van der Waals surface area contributed by atoms with Crippen LogP contribution in [-0.4, -0.2) is 24.3 Å². The number of aromatic nitrogens is 1. The van der Waals surface area contributed by atoms with E-state index in [1.165, 1.54) is 23.9 Å². The van der Waals surface area contributed by atoms with Crippen LogP contribution in [0.4, 0.5) is 13.2 Å². The molecule has 0 unspecified atom stereocenters. The van der Waals surface area contributed by atoms with Crippen LogP contribution < -0.4 is 4.74 Å². The molecule has 0 spiro atoms. The zero-order valence-electron chi connectivity index (χ0n) is 17.2. The average Bonchev–Trinajstić information content (AvgIpc) is 3.11. The van der Waals surface area contributed by atoms with Crippen LogP contribution in [0.2, 0.25) is 0 Å². The van der Waals surface area contributed by atoms with Crippen molar-refractivity contribution in [2.24, 2.45) is 0 Å². The molecular weight excluding hydrogens is 511 g/mol. The van der Waals surface area contributed by atoms with Gasteiger partial charge in [-0.3, -0.25) is 0 Å². The second-order valence-corrected chi connectivity index (χ2v) is 8.50. The quantitative estimate of drug-likeness (QED) is 0.240. The van der Waals surface area contributed by atoms with E-state index in [4.69, 9.17) is 14.0 Å². The van der Waals surface area contributed by atoms with E-state index in [9.17, 15) is 18.0 Å². The van der Waals surface area contributed by atoms with Gasteiger partial charge in [-0.1, -0.05) is 17.3 Å². The lowest BCUT2D eigenvalue weighted by Crippen LogP contribution is -2.14. The molecule has 0 aliphatic heterocycles. The van der Waals surface area contributed by atoms with E-state index in [2.05, 4.69) is 21.1 Å². The highest BCUT2D eigenvalue weighted by molar-refractivity contribution is 9.10. The van der Waals surface area contributed by atoms with Gasteiger partial charge in [0.2, 0.25) is 0 Å². The number of hydrogen-bond donors (Lipinski definition) is 0. The Morgan fingerprint density at radius 1 is 1.19 bits per heavy atom. The summed E-state index contributed by atoms with van der Waals surface area (Å²) in [6.07, 6.45) is -4.39. The maximum Gasteiger partial charge on any atom is 0.416 e. The third-order valence-electron chi connectivity index (χ3n) is 4.35. The summed E-state index contributed by atoms with van der Waals surface area (Å²) in [5, 5.41) is 4.04. The number of hydrogen-bond acceptors (Lipinski definition) is 6. The third kappa shape index (κ3) is 6.07. The Morgan fingerprint density at radius 3 is 2.53 bits per heavy atom. The van der Waals surface area contributed by atoms with Crippen molar-refractivity contribution in [3.63, 3.8) is 0 Å². The van der Waals surface area contributed by atoms with Gasteiger partial charge in [-0.25, -0.2) is 4.79 Å². The van der Waals surface area contributed by atoms with Gasteiger partial charge in [0.25, 0.3) is 0 Å². The molecule has 0 amide bonds. The fraction of sp³-hybridized carbons (Fsp3) is 0.273. The molecule has 0 bridgehead atoms. The largest absolute Gasteiger partial charge is 0.482 e. The van der Waals surface area contributed by atoms with Gasteiger partial charge in [0.1, 0.15) is 11.4 Å². The molecule has 5 nitrogen and oxygen atoms in total. The van der Waals surface area contributed by atoms with Gasteiger partial charge >= 0.3 is 12.1 Å². The van der Waals surface area contributed by atoms with E-state index in [0.717, 1.165) is 22.6 Å². The topological polar surface area (TPSA) is 61.6 Å². The molecule has 0 atom stereocenters. The summed E-state index contributed by atoms with van der Waals surface area (Å²) >= 11 is 4.95. The standard InChI is InChI=1S/C22H19BrF3NO4S/c1-3-29-19(28)11-30-18-9-8-16(10-13(18)2)32-12-17-20(23)21(31-27-17)14-4-6-15(7-5-14)22(24,25)26/h4-10H,3,11-12H2,1-2H3. The second kappa shape index (κ2) is 10.4. The van der Waals surface area contributed by atoms with Gasteiger partial charge in [-0.2, -0.15) is 13.2 Å². The first kappa shape index (κ1) is 24.2. The van der Waals surface area contributed by atoms with Crippen molar-refractivity contribution in [1.82, 2.24) is 5.16 Å². The van der Waals surface area contributed by atoms with Gasteiger partial charge < -0.3 is 14.0 Å². The van der Waals surface area contributed by atoms with Crippen molar-refractivity contribution >= 4 is 33.7 Å². The zero-order chi connectivity index (χ0) is 23.3. The maximum absolute atomic E-state index is 12.8. The highest BCUT2D eigenvalue weighted by Gasteiger charge is 2.30. The van der Waals surface area contributed by atoms with Crippen LogP contribution >= 0.6 is 27.7 Å². The molecule has 170 valence electrons. The van der Waals surface area contributed by atoms with Crippen LogP contribution in [0.15, 0.2) is 56.4 Å². The minimum Gasteiger partial charge on any atom is -0.482 e. The Kier molecular flexibility index (Phi) is 7.89. The summed E-state index contributed by atoms with van der Waals surface area (Å²) in [7, 11) is 0. The van der Waals surface area contributed by atoms with Crippen molar-refractivity contribution in [3.05, 3.63) is 63.8 Å². The molecule has 0 radical (unpaired) electrons. The smallest absolute Gasteiger partial charge is 0.416 e. The van der Waals surface area contributed by atoms with Crippen LogP contribution in [0.3, 0.4) is 0 Å². The van der Waals surface area contributed by atoms with Gasteiger partial charge in [0, 0.05) is 16.2 Å². The molecule has 3 aromatic rings. The summed E-state index contributed by atoms with van der Waals surface area (Å²) in [5.41, 5.74) is 1.26. The minimum absolute atomic E-state index is 0.153. The first-order valence-corrected chi connectivity index (χ1v) is 11.3. The average molecular weight is 530 g/mol. The Morgan fingerprint density at radius 2 is 1.91 bits per heavy atom. The number of thioether (sulfide) groups is 1. The predicted octanol–water partition coefficient (Wildman–Crippen LogP) is 6.67. The number of aryl methyl sites for hydroxylation is 1. The number of benzene rings is 2. The summed E-state index contributed by atoms with van der Waals surface area (Å²) in [6.45, 7) is 3.75. The fourth-order valence-electron chi connectivity index (χ4n) is 2.76. The summed E-state index contributed by atoms with van der Waals surface area (Å²) in [4.78, 5) is 12.4. The second-order valence-electron chi connectivity index (χ2n) is 6.66. The highest BCUT2D eigenvalue weighted by atomic mass is 79.9. The van der Waals surface area contributed by atoms with Gasteiger partial charge in [-0.15, -0.1) is 11.8 Å². The van der Waals surface area contributed by atoms with E-state index in [1.54, 1.807) is 13.0 Å². The van der Waals surface area contributed by atoms with Gasteiger partial charge in [-0.05, 0) is 65.7 Å². The molecule has 0 saturated carbocycles. The Bertz CT molecular complexity index is 1080. The third-order valence-corrected chi connectivity index (χ3v) is 6.17. The molecule has 0 saturated heterocycles. The van der Waals surface area contributed by atoms with E-state index >= 15 is 0 Å². The summed E-state index contributed by atoms with van der Waals surface area (Å²) in [5.74, 6) is 1.01. The highest BCUT2D eigenvalue weighted by Crippen LogP contribution is 2.36.